The maximum absolute atomic E-state index is 12.1. The van der Waals surface area contributed by atoms with Crippen LogP contribution in [0.1, 0.15) is 29.6 Å². The number of aromatic nitrogens is 1. The number of morpholine rings is 1. The summed E-state index contributed by atoms with van der Waals surface area (Å²) in [5, 5.41) is 6.07. The summed E-state index contributed by atoms with van der Waals surface area (Å²) in [4.78, 5) is 18.9. The first-order valence-corrected chi connectivity index (χ1v) is 10.9. The van der Waals surface area contributed by atoms with Crippen LogP contribution in [0.15, 0.2) is 35.7 Å². The molecule has 1 saturated heterocycles. The van der Waals surface area contributed by atoms with Crippen LogP contribution < -0.4 is 10.1 Å². The van der Waals surface area contributed by atoms with Gasteiger partial charge >= 0.3 is 0 Å². The van der Waals surface area contributed by atoms with E-state index in [2.05, 4.69) is 15.2 Å². The number of nitrogens with one attached hydrogen (secondary N) is 1. The van der Waals surface area contributed by atoms with Crippen LogP contribution >= 0.6 is 11.3 Å². The van der Waals surface area contributed by atoms with E-state index in [4.69, 9.17) is 9.47 Å². The van der Waals surface area contributed by atoms with Crippen molar-refractivity contribution in [2.24, 2.45) is 0 Å². The molecule has 6 nitrogen and oxygen atoms in total. The SMILES string of the molecule is Cc1nc(COc2ccc(/C=C/C(=O)NC(C)CCN3CCOCC3)cc2)cs1. The third-order valence-electron chi connectivity index (χ3n) is 4.73. The van der Waals surface area contributed by atoms with Crippen LogP contribution in [0.3, 0.4) is 0 Å². The second-order valence-electron chi connectivity index (χ2n) is 7.20. The van der Waals surface area contributed by atoms with Gasteiger partial charge in [0.2, 0.25) is 5.91 Å². The van der Waals surface area contributed by atoms with Crippen molar-refractivity contribution in [1.29, 1.82) is 0 Å². The number of carbonyl (C=O) groups excluding carboxylic acids is 1. The number of hydrogen-bond donors (Lipinski definition) is 1. The van der Waals surface area contributed by atoms with Crippen LogP contribution in [0.4, 0.5) is 0 Å². The van der Waals surface area contributed by atoms with Crippen LogP contribution in [0, 0.1) is 6.92 Å². The molecule has 0 saturated carbocycles. The molecule has 156 valence electrons. The predicted molar refractivity (Wildman–Crippen MR) is 116 cm³/mol. The van der Waals surface area contributed by atoms with Crippen LogP contribution in [-0.4, -0.2) is 54.7 Å². The molecule has 29 heavy (non-hydrogen) atoms. The van der Waals surface area contributed by atoms with Crippen LogP contribution in [0.5, 0.6) is 5.75 Å². The van der Waals surface area contributed by atoms with Gasteiger partial charge in [-0.05, 0) is 44.0 Å². The molecule has 1 aromatic heterocycles. The molecule has 0 radical (unpaired) electrons. The molecule has 0 spiro atoms. The Labute approximate surface area is 176 Å². The smallest absolute Gasteiger partial charge is 0.244 e. The largest absolute Gasteiger partial charge is 0.487 e. The Morgan fingerprint density at radius 1 is 1.34 bits per heavy atom. The summed E-state index contributed by atoms with van der Waals surface area (Å²) in [6.07, 6.45) is 4.33. The topological polar surface area (TPSA) is 63.7 Å². The molecule has 0 bridgehead atoms. The third kappa shape index (κ3) is 7.61. The van der Waals surface area contributed by atoms with Crippen LogP contribution in [0.2, 0.25) is 0 Å². The Bertz CT molecular complexity index is 798. The highest BCUT2D eigenvalue weighted by Gasteiger charge is 2.12. The molecule has 0 aliphatic carbocycles. The average Bonchev–Trinajstić information content (AvgIpc) is 3.16. The predicted octanol–water partition coefficient (Wildman–Crippen LogP) is 3.27. The van der Waals surface area contributed by atoms with Crippen LogP contribution in [0.25, 0.3) is 6.08 Å². The van der Waals surface area contributed by atoms with Gasteiger partial charge in [-0.3, -0.25) is 9.69 Å². The molecule has 1 N–H and O–H groups in total. The summed E-state index contributed by atoms with van der Waals surface area (Å²) in [5.41, 5.74) is 1.90. The third-order valence-corrected chi connectivity index (χ3v) is 5.55. The number of thiazole rings is 1. The highest BCUT2D eigenvalue weighted by Crippen LogP contribution is 2.16. The molecular formula is C22H29N3O3S. The lowest BCUT2D eigenvalue weighted by atomic mass is 10.2. The van der Waals surface area contributed by atoms with Gasteiger partial charge < -0.3 is 14.8 Å². The van der Waals surface area contributed by atoms with Crippen molar-refractivity contribution in [2.75, 3.05) is 32.8 Å². The van der Waals surface area contributed by atoms with E-state index in [1.54, 1.807) is 17.4 Å². The number of benzene rings is 1. The van der Waals surface area contributed by atoms with Gasteiger partial charge in [-0.1, -0.05) is 12.1 Å². The lowest BCUT2D eigenvalue weighted by Gasteiger charge is -2.27. The van der Waals surface area contributed by atoms with Crippen molar-refractivity contribution in [3.05, 3.63) is 52.0 Å². The molecule has 1 atom stereocenters. The second-order valence-corrected chi connectivity index (χ2v) is 8.26. The number of carbonyl (C=O) groups is 1. The van der Waals surface area contributed by atoms with Crippen molar-refractivity contribution in [3.63, 3.8) is 0 Å². The van der Waals surface area contributed by atoms with E-state index in [-0.39, 0.29) is 11.9 Å². The molecule has 1 aliphatic heterocycles. The fraction of sp³-hybridized carbons (Fsp3) is 0.455. The van der Waals surface area contributed by atoms with E-state index >= 15 is 0 Å². The Hall–Kier alpha value is -2.22. The van der Waals surface area contributed by atoms with E-state index in [0.29, 0.717) is 6.61 Å². The molecule has 7 heteroatoms. The Kier molecular flexibility index (Phi) is 8.22. The number of aryl methyl sites for hydroxylation is 1. The summed E-state index contributed by atoms with van der Waals surface area (Å²) >= 11 is 1.62. The standard InChI is InChI=1S/C22H29N3O3S/c1-17(9-10-25-11-13-27-14-12-25)23-22(26)8-5-19-3-6-21(7-4-19)28-15-20-16-29-18(2)24-20/h3-8,16-17H,9-15H2,1-2H3,(H,23,26)/b8-5+. The number of ether oxygens (including phenoxy) is 2. The van der Waals surface area contributed by atoms with Crippen molar-refractivity contribution >= 4 is 23.3 Å². The zero-order chi connectivity index (χ0) is 20.5. The zero-order valence-electron chi connectivity index (χ0n) is 17.1. The summed E-state index contributed by atoms with van der Waals surface area (Å²) in [6, 6.07) is 7.82. The van der Waals surface area contributed by atoms with E-state index in [1.165, 1.54) is 0 Å². The minimum Gasteiger partial charge on any atom is -0.487 e. The summed E-state index contributed by atoms with van der Waals surface area (Å²) < 4.78 is 11.1. The van der Waals surface area contributed by atoms with Gasteiger partial charge in [-0.15, -0.1) is 11.3 Å². The fourth-order valence-electron chi connectivity index (χ4n) is 3.04. The molecule has 1 aromatic carbocycles. The van der Waals surface area contributed by atoms with E-state index in [0.717, 1.165) is 61.3 Å². The van der Waals surface area contributed by atoms with Crippen molar-refractivity contribution in [2.45, 2.75) is 32.9 Å². The van der Waals surface area contributed by atoms with Gasteiger partial charge in [-0.2, -0.15) is 0 Å². The maximum Gasteiger partial charge on any atom is 0.244 e. The van der Waals surface area contributed by atoms with E-state index in [1.807, 2.05) is 49.6 Å². The molecule has 1 unspecified atom stereocenters. The first-order chi connectivity index (χ1) is 14.1. The van der Waals surface area contributed by atoms with Crippen molar-refractivity contribution < 1.29 is 14.3 Å². The highest BCUT2D eigenvalue weighted by molar-refractivity contribution is 7.09. The van der Waals surface area contributed by atoms with Gasteiger partial charge in [0.1, 0.15) is 12.4 Å². The summed E-state index contributed by atoms with van der Waals surface area (Å²) in [7, 11) is 0. The average molecular weight is 416 g/mol. The van der Waals surface area contributed by atoms with Crippen molar-refractivity contribution in [3.8, 4) is 5.75 Å². The Morgan fingerprint density at radius 2 is 2.10 bits per heavy atom. The molecule has 2 heterocycles. The molecule has 1 aliphatic rings. The number of amides is 1. The van der Waals surface area contributed by atoms with Gasteiger partial charge in [0.15, 0.2) is 0 Å². The number of nitrogens with zero attached hydrogens (tertiary/aromatic N) is 2. The Morgan fingerprint density at radius 3 is 2.79 bits per heavy atom. The lowest BCUT2D eigenvalue weighted by molar-refractivity contribution is -0.117. The minimum atomic E-state index is -0.0706. The number of hydrogen-bond acceptors (Lipinski definition) is 6. The minimum absolute atomic E-state index is 0.0706. The summed E-state index contributed by atoms with van der Waals surface area (Å²) in [5.74, 6) is 0.715. The van der Waals surface area contributed by atoms with E-state index < -0.39 is 0 Å². The molecular weight excluding hydrogens is 386 g/mol. The van der Waals surface area contributed by atoms with Gasteiger partial charge in [0.25, 0.3) is 0 Å². The second kappa shape index (κ2) is 11.1. The monoisotopic (exact) mass is 415 g/mol. The van der Waals surface area contributed by atoms with Crippen LogP contribution in [-0.2, 0) is 16.1 Å². The number of rotatable bonds is 9. The molecule has 3 rings (SSSR count). The first-order valence-electron chi connectivity index (χ1n) is 10.0. The normalized spacial score (nSPS) is 16.1. The maximum atomic E-state index is 12.1. The van der Waals surface area contributed by atoms with Crippen molar-refractivity contribution in [1.82, 2.24) is 15.2 Å². The quantitative estimate of drug-likeness (QED) is 0.637. The first kappa shape index (κ1) is 21.5. The van der Waals surface area contributed by atoms with E-state index in [9.17, 15) is 4.79 Å². The molecule has 1 fully saturated rings. The lowest BCUT2D eigenvalue weighted by Crippen LogP contribution is -2.40. The van der Waals surface area contributed by atoms with Gasteiger partial charge in [0, 0.05) is 37.1 Å². The fourth-order valence-corrected chi connectivity index (χ4v) is 3.64. The molecule has 1 amide bonds. The Balaban J connectivity index is 1.38. The van der Waals surface area contributed by atoms with Gasteiger partial charge in [-0.25, -0.2) is 4.98 Å². The zero-order valence-corrected chi connectivity index (χ0v) is 17.9. The van der Waals surface area contributed by atoms with Gasteiger partial charge in [0.05, 0.1) is 23.9 Å². The molecule has 2 aromatic rings. The summed E-state index contributed by atoms with van der Waals surface area (Å²) in [6.45, 7) is 9.03. The highest BCUT2D eigenvalue weighted by atomic mass is 32.1.